The van der Waals surface area contributed by atoms with Crippen molar-refractivity contribution in [2.75, 3.05) is 38.2 Å². The molecule has 1 aromatic heterocycles. The number of pyridine rings is 1. The van der Waals surface area contributed by atoms with Gasteiger partial charge in [-0.3, -0.25) is 9.88 Å². The summed E-state index contributed by atoms with van der Waals surface area (Å²) in [5.74, 6) is -0.838. The van der Waals surface area contributed by atoms with E-state index in [1.165, 1.54) is 25.4 Å². The Balaban J connectivity index is 1.83. The number of piperazine rings is 1. The summed E-state index contributed by atoms with van der Waals surface area (Å²) < 4.78 is 18.0. The molecule has 0 radical (unpaired) electrons. The number of anilines is 1. The summed E-state index contributed by atoms with van der Waals surface area (Å²) in [6.45, 7) is 2.87. The molecule has 1 fully saturated rings. The Hall–Kier alpha value is -3.00. The Morgan fingerprint density at radius 1 is 1.19 bits per heavy atom. The predicted octanol–water partition coefficient (Wildman–Crippen LogP) is 2.04. The van der Waals surface area contributed by atoms with Crippen LogP contribution in [0.5, 0.6) is 0 Å². The minimum Gasteiger partial charge on any atom is -0.465 e. The average molecular weight is 372 g/mol. The molecule has 2 aromatic rings. The number of rotatable bonds is 4. The highest BCUT2D eigenvalue weighted by atomic mass is 19.1. The van der Waals surface area contributed by atoms with Crippen LogP contribution in [0.1, 0.15) is 16.1 Å². The highest BCUT2D eigenvalue weighted by molar-refractivity contribution is 5.92. The standard InChI is InChI=1S/C19H21FN4O3/c1-27-18(25)14-2-5-16(22-12-14)13-24(17-6-3-15(20)4-7-17)19(26)23-10-8-21-9-11-23/h2-7,12,21H,8-11,13H2,1H3. The van der Waals surface area contributed by atoms with Crippen molar-refractivity contribution >= 4 is 17.7 Å². The Morgan fingerprint density at radius 2 is 1.89 bits per heavy atom. The van der Waals surface area contributed by atoms with Crippen molar-refractivity contribution in [2.45, 2.75) is 6.54 Å². The van der Waals surface area contributed by atoms with Gasteiger partial charge in [-0.05, 0) is 36.4 Å². The van der Waals surface area contributed by atoms with Gasteiger partial charge in [-0.2, -0.15) is 0 Å². The number of urea groups is 1. The number of carbonyl (C=O) groups excluding carboxylic acids is 2. The second kappa shape index (κ2) is 8.59. The quantitative estimate of drug-likeness (QED) is 0.832. The van der Waals surface area contributed by atoms with Crippen LogP contribution < -0.4 is 10.2 Å². The van der Waals surface area contributed by atoms with Gasteiger partial charge < -0.3 is 15.0 Å². The van der Waals surface area contributed by atoms with Crippen molar-refractivity contribution in [2.24, 2.45) is 0 Å². The molecule has 1 aliphatic rings. The third kappa shape index (κ3) is 4.59. The highest BCUT2D eigenvalue weighted by Crippen LogP contribution is 2.20. The van der Waals surface area contributed by atoms with Crippen LogP contribution in [0.4, 0.5) is 14.9 Å². The van der Waals surface area contributed by atoms with Crippen LogP contribution in [0.15, 0.2) is 42.6 Å². The van der Waals surface area contributed by atoms with Crippen molar-refractivity contribution in [1.82, 2.24) is 15.2 Å². The molecular weight excluding hydrogens is 351 g/mol. The molecule has 0 bridgehead atoms. The number of carbonyl (C=O) groups is 2. The van der Waals surface area contributed by atoms with Gasteiger partial charge in [0.25, 0.3) is 0 Å². The summed E-state index contributed by atoms with van der Waals surface area (Å²) in [5.41, 5.74) is 1.53. The molecule has 3 rings (SSSR count). The summed E-state index contributed by atoms with van der Waals surface area (Å²) in [7, 11) is 1.30. The normalized spacial score (nSPS) is 13.9. The number of methoxy groups -OCH3 is 1. The zero-order valence-electron chi connectivity index (χ0n) is 15.0. The number of hydrogen-bond donors (Lipinski definition) is 1. The lowest BCUT2D eigenvalue weighted by molar-refractivity contribution is 0.0600. The number of esters is 1. The Morgan fingerprint density at radius 3 is 2.48 bits per heavy atom. The van der Waals surface area contributed by atoms with Crippen LogP contribution in [-0.2, 0) is 11.3 Å². The van der Waals surface area contributed by atoms with Gasteiger partial charge in [0.2, 0.25) is 0 Å². The second-order valence-electron chi connectivity index (χ2n) is 6.11. The van der Waals surface area contributed by atoms with Crippen LogP contribution in [0.3, 0.4) is 0 Å². The minimum absolute atomic E-state index is 0.165. The molecule has 27 heavy (non-hydrogen) atoms. The van der Waals surface area contributed by atoms with Gasteiger partial charge >= 0.3 is 12.0 Å². The number of aromatic nitrogens is 1. The number of ether oxygens (including phenoxy) is 1. The number of hydrogen-bond acceptors (Lipinski definition) is 5. The lowest BCUT2D eigenvalue weighted by Gasteiger charge is -2.33. The van der Waals surface area contributed by atoms with Crippen molar-refractivity contribution in [1.29, 1.82) is 0 Å². The molecule has 1 aliphatic heterocycles. The summed E-state index contributed by atoms with van der Waals surface area (Å²) >= 11 is 0. The second-order valence-corrected chi connectivity index (χ2v) is 6.11. The lowest BCUT2D eigenvalue weighted by Crippen LogP contribution is -2.51. The predicted molar refractivity (Wildman–Crippen MR) is 98.0 cm³/mol. The van der Waals surface area contributed by atoms with E-state index in [4.69, 9.17) is 0 Å². The molecule has 2 heterocycles. The van der Waals surface area contributed by atoms with Crippen LogP contribution in [0, 0.1) is 5.82 Å². The van der Waals surface area contributed by atoms with E-state index < -0.39 is 5.97 Å². The maximum atomic E-state index is 13.3. The van der Waals surface area contributed by atoms with Gasteiger partial charge in [0, 0.05) is 38.1 Å². The van der Waals surface area contributed by atoms with Crippen molar-refractivity contribution < 1.29 is 18.7 Å². The summed E-state index contributed by atoms with van der Waals surface area (Å²) in [6.07, 6.45) is 1.42. The fraction of sp³-hybridized carbons (Fsp3) is 0.316. The SMILES string of the molecule is COC(=O)c1ccc(CN(C(=O)N2CCNCC2)c2ccc(F)cc2)nc1. The van der Waals surface area contributed by atoms with Crippen LogP contribution in [-0.4, -0.2) is 55.2 Å². The van der Waals surface area contributed by atoms with E-state index in [2.05, 4.69) is 15.0 Å². The molecule has 1 aromatic carbocycles. The van der Waals surface area contributed by atoms with Crippen molar-refractivity contribution in [3.05, 3.63) is 59.7 Å². The van der Waals surface area contributed by atoms with Crippen molar-refractivity contribution in [3.63, 3.8) is 0 Å². The average Bonchev–Trinajstić information content (AvgIpc) is 2.73. The maximum Gasteiger partial charge on any atom is 0.339 e. The van der Waals surface area contributed by atoms with Gasteiger partial charge in [0.1, 0.15) is 5.82 Å². The fourth-order valence-electron chi connectivity index (χ4n) is 2.84. The van der Waals surface area contributed by atoms with E-state index in [9.17, 15) is 14.0 Å². The molecular formula is C19H21FN4O3. The summed E-state index contributed by atoms with van der Waals surface area (Å²) in [6, 6.07) is 8.89. The van der Waals surface area contributed by atoms with E-state index >= 15 is 0 Å². The highest BCUT2D eigenvalue weighted by Gasteiger charge is 2.24. The smallest absolute Gasteiger partial charge is 0.339 e. The number of nitrogens with one attached hydrogen (secondary N) is 1. The van der Waals surface area contributed by atoms with E-state index in [1.807, 2.05) is 0 Å². The number of nitrogens with zero attached hydrogens (tertiary/aromatic N) is 3. The molecule has 0 atom stereocenters. The lowest BCUT2D eigenvalue weighted by atomic mass is 10.2. The molecule has 1 N–H and O–H groups in total. The van der Waals surface area contributed by atoms with E-state index in [1.54, 1.807) is 34.1 Å². The van der Waals surface area contributed by atoms with Gasteiger partial charge in [-0.15, -0.1) is 0 Å². The van der Waals surface area contributed by atoms with E-state index in [0.29, 0.717) is 30.0 Å². The van der Waals surface area contributed by atoms with Crippen molar-refractivity contribution in [3.8, 4) is 0 Å². The van der Waals surface area contributed by atoms with Gasteiger partial charge in [-0.1, -0.05) is 0 Å². The molecule has 0 spiro atoms. The molecule has 2 amide bonds. The Labute approximate surface area is 156 Å². The monoisotopic (exact) mass is 372 g/mol. The Bertz CT molecular complexity index is 790. The zero-order chi connectivity index (χ0) is 19.2. The first-order chi connectivity index (χ1) is 13.1. The number of amides is 2. The van der Waals surface area contributed by atoms with E-state index in [-0.39, 0.29) is 18.4 Å². The molecule has 142 valence electrons. The topological polar surface area (TPSA) is 74.8 Å². The third-order valence-electron chi connectivity index (χ3n) is 4.32. The number of halogens is 1. The maximum absolute atomic E-state index is 13.3. The molecule has 0 unspecified atom stereocenters. The third-order valence-corrected chi connectivity index (χ3v) is 4.32. The first-order valence-electron chi connectivity index (χ1n) is 8.64. The van der Waals surface area contributed by atoms with Crippen LogP contribution >= 0.6 is 0 Å². The molecule has 8 heteroatoms. The van der Waals surface area contributed by atoms with E-state index in [0.717, 1.165) is 13.1 Å². The first-order valence-corrected chi connectivity index (χ1v) is 8.64. The molecule has 1 saturated heterocycles. The fourth-order valence-corrected chi connectivity index (χ4v) is 2.84. The summed E-state index contributed by atoms with van der Waals surface area (Å²) in [4.78, 5) is 32.1. The zero-order valence-corrected chi connectivity index (χ0v) is 15.0. The molecule has 7 nitrogen and oxygen atoms in total. The largest absolute Gasteiger partial charge is 0.465 e. The van der Waals surface area contributed by atoms with Crippen LogP contribution in [0.25, 0.3) is 0 Å². The van der Waals surface area contributed by atoms with Gasteiger partial charge in [0.05, 0.1) is 24.9 Å². The summed E-state index contributed by atoms with van der Waals surface area (Å²) in [5, 5.41) is 3.21. The first kappa shape index (κ1) is 18.8. The Kier molecular flexibility index (Phi) is 5.97. The van der Waals surface area contributed by atoms with Gasteiger partial charge in [-0.25, -0.2) is 14.0 Å². The minimum atomic E-state index is -0.471. The molecule has 0 saturated carbocycles. The van der Waals surface area contributed by atoms with Gasteiger partial charge in [0.15, 0.2) is 0 Å². The number of benzene rings is 1. The molecule has 0 aliphatic carbocycles. The van der Waals surface area contributed by atoms with Crippen LogP contribution in [0.2, 0.25) is 0 Å².